The third kappa shape index (κ3) is 13.4. The molecule has 0 bridgehead atoms. The molecule has 2 unspecified atom stereocenters. The Kier molecular flexibility index (Phi) is 18.3. The van der Waals surface area contributed by atoms with Gasteiger partial charge in [0, 0.05) is 67.4 Å². The minimum atomic E-state index is -5.56. The average molecular weight is 937 g/mol. The number of carbonyl (C=O) groups excluding carboxylic acids is 2. The highest BCUT2D eigenvalue weighted by Gasteiger charge is 2.51. The Hall–Kier alpha value is -3.78. The monoisotopic (exact) mass is 937 g/mol. The van der Waals surface area contributed by atoms with Crippen molar-refractivity contribution in [2.24, 2.45) is 35.5 Å². The van der Waals surface area contributed by atoms with Crippen LogP contribution in [0.15, 0.2) is 77.2 Å². The summed E-state index contributed by atoms with van der Waals surface area (Å²) in [4.78, 5) is 38.6. The summed E-state index contributed by atoms with van der Waals surface area (Å²) in [7, 11) is 1.46. The lowest BCUT2D eigenvalue weighted by Gasteiger charge is -2.38. The summed E-state index contributed by atoms with van der Waals surface area (Å²) in [5, 5.41) is 29.5. The molecular weight excluding hydrogens is 866 g/mol. The zero-order valence-corrected chi connectivity index (χ0v) is 39.9. The van der Waals surface area contributed by atoms with Crippen LogP contribution in [0.5, 0.6) is 0 Å². The van der Waals surface area contributed by atoms with E-state index in [9.17, 15) is 41.4 Å². The minimum absolute atomic E-state index is 0.0628. The predicted molar refractivity (Wildman–Crippen MR) is 243 cm³/mol. The first-order chi connectivity index (χ1) is 30.6. The Bertz CT molecular complexity index is 2010. The van der Waals surface area contributed by atoms with Gasteiger partial charge in [0.1, 0.15) is 17.9 Å². The summed E-state index contributed by atoms with van der Waals surface area (Å²) in [5.41, 5.74) is -2.79. The first kappa shape index (κ1) is 52.2. The molecule has 2 amide bonds. The summed E-state index contributed by atoms with van der Waals surface area (Å²) in [6.45, 7) is 7.68. The Balaban J connectivity index is 1.45. The molecular formula is C47H71F3N6O8S. The number of rotatable bonds is 20. The molecule has 1 aliphatic heterocycles. The van der Waals surface area contributed by atoms with Crippen LogP contribution in [0, 0.1) is 35.5 Å². The normalized spacial score (nSPS) is 27.6. The van der Waals surface area contributed by atoms with Crippen LogP contribution in [0.4, 0.5) is 13.2 Å². The molecule has 0 spiro atoms. The largest absolute Gasteiger partial charge is 0.511 e. The van der Waals surface area contributed by atoms with Crippen LogP contribution in [0.1, 0.15) is 65.4 Å². The molecule has 1 aromatic carbocycles. The molecule has 3 aliphatic carbocycles. The molecule has 1 heterocycles. The predicted octanol–water partition coefficient (Wildman–Crippen LogP) is 4.50. The van der Waals surface area contributed by atoms with Crippen molar-refractivity contribution >= 4 is 21.8 Å². The minimum Gasteiger partial charge on any atom is -0.500 e. The maximum Gasteiger partial charge on any atom is 0.511 e. The Morgan fingerprint density at radius 1 is 1.09 bits per heavy atom. The Morgan fingerprint density at radius 3 is 2.42 bits per heavy atom. The van der Waals surface area contributed by atoms with Crippen molar-refractivity contribution in [3.05, 3.63) is 82.8 Å². The molecule has 14 nitrogen and oxygen atoms in total. The topological polar surface area (TPSA) is 173 Å². The van der Waals surface area contributed by atoms with Gasteiger partial charge in [0.15, 0.2) is 0 Å². The van der Waals surface area contributed by atoms with Gasteiger partial charge in [-0.05, 0) is 94.9 Å². The van der Waals surface area contributed by atoms with Crippen LogP contribution in [0.2, 0.25) is 0 Å². The van der Waals surface area contributed by atoms with Gasteiger partial charge in [-0.15, -0.1) is 0 Å². The van der Waals surface area contributed by atoms with Crippen LogP contribution in [-0.4, -0.2) is 142 Å². The highest BCUT2D eigenvalue weighted by Crippen LogP contribution is 2.41. The number of hydrogen-bond acceptors (Lipinski definition) is 11. The SMILES string of the molecule is COC1=C(CN2O[C@@H](CO)[C@@H]([C@H](C)O)[C@H]2C(=O)N[C@H]2C[C@H](C(C)C)CC[C@@H]2C)C=CCC1C1C=C(C(=O)N[C@@H](Cc2ccccc2)CN(C)C)C=C(N(C)CCNS(=O)(=O)C(F)(F)F)C1. The van der Waals surface area contributed by atoms with Crippen LogP contribution in [-0.2, 0) is 35.6 Å². The second kappa shape index (κ2) is 22.8. The summed E-state index contributed by atoms with van der Waals surface area (Å²) in [5.74, 6) is -0.323. The molecule has 1 saturated carbocycles. The molecule has 0 aromatic heterocycles. The third-order valence-electron chi connectivity index (χ3n) is 13.5. The second-order valence-electron chi connectivity index (χ2n) is 18.9. The first-order valence-corrected chi connectivity index (χ1v) is 24.3. The number of allylic oxidation sites excluding steroid dienone is 4. The molecule has 5 N–H and O–H groups in total. The summed E-state index contributed by atoms with van der Waals surface area (Å²) >= 11 is 0. The number of nitrogens with zero attached hydrogens (tertiary/aromatic N) is 3. The molecule has 1 aromatic rings. The highest BCUT2D eigenvalue weighted by atomic mass is 32.2. The van der Waals surface area contributed by atoms with E-state index in [-0.39, 0.29) is 54.7 Å². The number of halogens is 3. The van der Waals surface area contributed by atoms with E-state index in [1.165, 1.54) is 5.06 Å². The van der Waals surface area contributed by atoms with Crippen molar-refractivity contribution < 1.29 is 51.0 Å². The Morgan fingerprint density at radius 2 is 1.80 bits per heavy atom. The number of nitrogens with one attached hydrogen (secondary N) is 3. The van der Waals surface area contributed by atoms with Gasteiger partial charge >= 0.3 is 15.5 Å². The lowest BCUT2D eigenvalue weighted by Crippen LogP contribution is -2.54. The maximum absolute atomic E-state index is 14.4. The van der Waals surface area contributed by atoms with Crippen molar-refractivity contribution in [1.82, 2.24) is 30.2 Å². The van der Waals surface area contributed by atoms with Gasteiger partial charge in [-0.2, -0.15) is 18.2 Å². The number of methoxy groups -OCH3 is 1. The summed E-state index contributed by atoms with van der Waals surface area (Å²) < 4.78 is 70.9. The van der Waals surface area contributed by atoms with E-state index in [0.29, 0.717) is 60.2 Å². The number of benzene rings is 1. The quantitative estimate of drug-likeness (QED) is 0.125. The van der Waals surface area contributed by atoms with Crippen molar-refractivity contribution in [2.75, 3.05) is 61.0 Å². The van der Waals surface area contributed by atoms with Crippen LogP contribution in [0.25, 0.3) is 0 Å². The van der Waals surface area contributed by atoms with Gasteiger partial charge in [0.05, 0.1) is 26.4 Å². The van der Waals surface area contributed by atoms with Crippen molar-refractivity contribution in [3.8, 4) is 0 Å². The molecule has 364 valence electrons. The molecule has 18 heteroatoms. The smallest absolute Gasteiger partial charge is 0.500 e. The van der Waals surface area contributed by atoms with Crippen LogP contribution in [0.3, 0.4) is 0 Å². The van der Waals surface area contributed by atoms with Gasteiger partial charge in [0.2, 0.25) is 5.91 Å². The summed E-state index contributed by atoms with van der Waals surface area (Å²) in [6, 6.07) is 8.51. The van der Waals surface area contributed by atoms with Gasteiger partial charge < -0.3 is 35.4 Å². The number of ether oxygens (including phenoxy) is 1. The van der Waals surface area contributed by atoms with Gasteiger partial charge in [-0.1, -0.05) is 69.3 Å². The third-order valence-corrected chi connectivity index (χ3v) is 14.7. The average Bonchev–Trinajstić information content (AvgIpc) is 3.62. The number of aliphatic hydroxyl groups excluding tert-OH is 2. The lowest BCUT2D eigenvalue weighted by molar-refractivity contribution is -0.172. The fraction of sp³-hybridized carbons (Fsp3) is 0.660. The van der Waals surface area contributed by atoms with E-state index in [1.54, 1.807) is 36.8 Å². The first-order valence-electron chi connectivity index (χ1n) is 22.8. The molecule has 65 heavy (non-hydrogen) atoms. The number of hydrogen-bond donors (Lipinski definition) is 5. The standard InChI is InChI=1S/C47H71F3N6O8S/c1-29(2)33-18-17-30(3)40(25-33)53-46(60)43-42(31(4)58)41(28-57)64-56(43)26-34-15-12-16-39(44(34)63-8)35-22-36(24-38(23-35)55(7)20-19-51-65(61,62)47(48,49)50)45(59)52-37(27-54(5)6)21-32-13-10-9-11-14-32/h9-15,22,24,29-31,33,35,37,39-43,51,57-58H,16-21,23,25-28H2,1-8H3,(H,52,59)(H,53,60)/t30-,31-,33+,35?,37-,39?,40-,41-,42+,43-/m0/s1. The molecule has 5 rings (SSSR count). The van der Waals surface area contributed by atoms with E-state index in [1.807, 2.05) is 67.6 Å². The molecule has 4 aliphatic rings. The van der Waals surface area contributed by atoms with E-state index >= 15 is 0 Å². The molecule has 10 atom stereocenters. The number of likely N-dealkylation sites (N-methyl/N-ethyl adjacent to an activating group) is 2. The fourth-order valence-corrected chi connectivity index (χ4v) is 10.4. The number of aliphatic hydroxyl groups is 2. The van der Waals surface area contributed by atoms with Gasteiger partial charge in [0.25, 0.3) is 5.91 Å². The molecule has 0 radical (unpaired) electrons. The number of carbonyl (C=O) groups is 2. The maximum atomic E-state index is 14.4. The van der Waals surface area contributed by atoms with Crippen molar-refractivity contribution in [3.63, 3.8) is 0 Å². The highest BCUT2D eigenvalue weighted by molar-refractivity contribution is 7.90. The molecule has 2 fully saturated rings. The summed E-state index contributed by atoms with van der Waals surface area (Å²) in [6.07, 6.45) is 9.95. The van der Waals surface area contributed by atoms with Gasteiger partial charge in [-0.3, -0.25) is 14.4 Å². The number of amides is 2. The zero-order valence-electron chi connectivity index (χ0n) is 39.1. The number of hydroxylamine groups is 2. The number of sulfonamides is 1. The van der Waals surface area contributed by atoms with Crippen molar-refractivity contribution in [2.45, 2.75) is 102 Å². The molecule has 1 saturated heterocycles. The van der Waals surface area contributed by atoms with E-state index in [0.717, 1.165) is 24.8 Å². The van der Waals surface area contributed by atoms with Crippen molar-refractivity contribution in [1.29, 1.82) is 0 Å². The zero-order chi connectivity index (χ0) is 47.8. The Labute approximate surface area is 383 Å². The fourth-order valence-electron chi connectivity index (χ4n) is 9.87. The van der Waals surface area contributed by atoms with Crippen LogP contribution < -0.4 is 15.4 Å². The second-order valence-corrected chi connectivity index (χ2v) is 20.7. The van der Waals surface area contributed by atoms with E-state index in [4.69, 9.17) is 9.57 Å². The lowest BCUT2D eigenvalue weighted by atomic mass is 9.74. The van der Waals surface area contributed by atoms with E-state index in [2.05, 4.69) is 31.4 Å². The van der Waals surface area contributed by atoms with Crippen LogP contribution >= 0.6 is 0 Å². The van der Waals surface area contributed by atoms with E-state index < -0.39 is 52.9 Å². The number of alkyl halides is 3. The van der Waals surface area contributed by atoms with Gasteiger partial charge in [-0.25, -0.2) is 13.1 Å².